The van der Waals surface area contributed by atoms with Gasteiger partial charge in [0.1, 0.15) is 12.6 Å². The summed E-state index contributed by atoms with van der Waals surface area (Å²) in [7, 11) is -3.96. The van der Waals surface area contributed by atoms with Crippen LogP contribution in [0, 0.1) is 0 Å². The molecule has 1 N–H and O–H groups in total. The molecule has 3 aromatic carbocycles. The Balaban J connectivity index is 2.08. The van der Waals surface area contributed by atoms with Crippen LogP contribution in [-0.4, -0.2) is 50.5 Å². The Labute approximate surface area is 248 Å². The lowest BCUT2D eigenvalue weighted by Crippen LogP contribution is -2.53. The second-order valence-corrected chi connectivity index (χ2v) is 12.4. The number of carbonyl (C=O) groups excluding carboxylic acids is 2. The molecule has 0 bridgehead atoms. The summed E-state index contributed by atoms with van der Waals surface area (Å²) in [5.41, 5.74) is 1.47. The van der Waals surface area contributed by atoms with E-state index in [1.54, 1.807) is 19.1 Å². The monoisotopic (exact) mass is 629 g/mol. The van der Waals surface area contributed by atoms with Crippen LogP contribution in [0.5, 0.6) is 0 Å². The van der Waals surface area contributed by atoms with Gasteiger partial charge in [0.05, 0.1) is 11.9 Å². The number of hydrogen-bond donors (Lipinski definition) is 1. The van der Waals surface area contributed by atoms with Crippen molar-refractivity contribution in [3.05, 3.63) is 97.9 Å². The quantitative estimate of drug-likeness (QED) is 0.288. The largest absolute Gasteiger partial charge is 0.355 e. The number of nitrogens with one attached hydrogen (secondary N) is 1. The molecule has 2 amide bonds. The van der Waals surface area contributed by atoms with Gasteiger partial charge in [-0.05, 0) is 48.4 Å². The van der Waals surface area contributed by atoms with E-state index in [1.807, 2.05) is 30.3 Å². The minimum absolute atomic E-state index is 0.0720. The number of carbonyl (C=O) groups is 2. The molecule has 0 aromatic heterocycles. The fourth-order valence-corrected chi connectivity index (χ4v) is 5.79. The molecule has 0 saturated carbocycles. The van der Waals surface area contributed by atoms with E-state index in [9.17, 15) is 18.0 Å². The van der Waals surface area contributed by atoms with E-state index in [0.717, 1.165) is 16.1 Å². The van der Waals surface area contributed by atoms with Crippen LogP contribution in [0.3, 0.4) is 0 Å². The molecule has 0 saturated heterocycles. The maximum absolute atomic E-state index is 14.0. The molecule has 0 aliphatic carbocycles. The Hall–Kier alpha value is -2.49. The van der Waals surface area contributed by atoms with Crippen LogP contribution in [0.4, 0.5) is 5.69 Å². The van der Waals surface area contributed by atoms with Crippen molar-refractivity contribution in [3.63, 3.8) is 0 Å². The molecular weight excluding hydrogens is 604 g/mol. The third kappa shape index (κ3) is 8.75. The number of benzene rings is 3. The van der Waals surface area contributed by atoms with Gasteiger partial charge in [0.15, 0.2) is 0 Å². The first-order valence-electron chi connectivity index (χ1n) is 11.9. The number of anilines is 1. The highest BCUT2D eigenvalue weighted by Gasteiger charge is 2.33. The van der Waals surface area contributed by atoms with Gasteiger partial charge < -0.3 is 10.2 Å². The second-order valence-electron chi connectivity index (χ2n) is 8.75. The van der Waals surface area contributed by atoms with Crippen molar-refractivity contribution in [2.75, 3.05) is 23.7 Å². The summed E-state index contributed by atoms with van der Waals surface area (Å²) in [4.78, 5) is 28.6. The molecule has 3 rings (SSSR count). The Morgan fingerprint density at radius 1 is 0.897 bits per heavy atom. The van der Waals surface area contributed by atoms with E-state index in [0.29, 0.717) is 22.2 Å². The lowest BCUT2D eigenvalue weighted by Gasteiger charge is -2.33. The molecule has 3 aromatic rings. The van der Waals surface area contributed by atoms with E-state index in [-0.39, 0.29) is 28.7 Å². The summed E-state index contributed by atoms with van der Waals surface area (Å²) >= 11 is 24.7. The van der Waals surface area contributed by atoms with Gasteiger partial charge in [-0.3, -0.25) is 13.9 Å². The van der Waals surface area contributed by atoms with Gasteiger partial charge in [0, 0.05) is 39.6 Å². The van der Waals surface area contributed by atoms with Crippen molar-refractivity contribution in [3.8, 4) is 0 Å². The zero-order valence-corrected chi connectivity index (χ0v) is 25.0. The number of nitrogens with zero attached hydrogens (tertiary/aromatic N) is 2. The van der Waals surface area contributed by atoms with Gasteiger partial charge in [-0.15, -0.1) is 0 Å². The van der Waals surface area contributed by atoms with Gasteiger partial charge in [0.25, 0.3) is 0 Å². The highest BCUT2D eigenvalue weighted by atomic mass is 35.5. The molecular formula is C27H27Cl4N3O4S. The molecule has 0 fully saturated rings. The maximum atomic E-state index is 14.0. The van der Waals surface area contributed by atoms with Gasteiger partial charge in [-0.25, -0.2) is 8.42 Å². The lowest BCUT2D eigenvalue weighted by atomic mass is 10.0. The number of hydrogen-bond acceptors (Lipinski definition) is 4. The molecule has 0 radical (unpaired) electrons. The topological polar surface area (TPSA) is 86.8 Å². The van der Waals surface area contributed by atoms with Crippen molar-refractivity contribution in [1.82, 2.24) is 10.2 Å². The molecule has 0 heterocycles. The Morgan fingerprint density at radius 2 is 1.54 bits per heavy atom. The molecule has 0 aliphatic heterocycles. The molecule has 208 valence electrons. The van der Waals surface area contributed by atoms with Crippen molar-refractivity contribution in [2.45, 2.75) is 25.9 Å². The Kier molecular flexibility index (Phi) is 10.9. The summed E-state index contributed by atoms with van der Waals surface area (Å²) in [6.07, 6.45) is 1.16. The highest BCUT2D eigenvalue weighted by Crippen LogP contribution is 2.28. The second kappa shape index (κ2) is 13.7. The SMILES string of the molecule is CCNC(=O)[C@H](Cc1ccccc1)N(Cc1ccc(Cl)cc1Cl)C(=O)CN(c1cc(Cl)cc(Cl)c1)S(C)(=O)=O. The van der Waals surface area contributed by atoms with E-state index in [4.69, 9.17) is 46.4 Å². The van der Waals surface area contributed by atoms with Crippen LogP contribution in [-0.2, 0) is 32.6 Å². The van der Waals surface area contributed by atoms with Gasteiger partial charge in [-0.1, -0.05) is 82.8 Å². The first-order chi connectivity index (χ1) is 18.4. The first-order valence-corrected chi connectivity index (χ1v) is 15.2. The van der Waals surface area contributed by atoms with E-state index >= 15 is 0 Å². The average molecular weight is 631 g/mol. The van der Waals surface area contributed by atoms with Crippen LogP contribution in [0.15, 0.2) is 66.7 Å². The minimum atomic E-state index is -3.96. The Morgan fingerprint density at radius 3 is 2.10 bits per heavy atom. The summed E-state index contributed by atoms with van der Waals surface area (Å²) in [5.74, 6) is -1.02. The number of likely N-dealkylation sites (N-methyl/N-ethyl adjacent to an activating group) is 1. The summed E-state index contributed by atoms with van der Waals surface area (Å²) in [6.45, 7) is 1.43. The highest BCUT2D eigenvalue weighted by molar-refractivity contribution is 7.92. The zero-order chi connectivity index (χ0) is 28.7. The third-order valence-electron chi connectivity index (χ3n) is 5.79. The van der Waals surface area contributed by atoms with Crippen LogP contribution in [0.2, 0.25) is 20.1 Å². The van der Waals surface area contributed by atoms with Crippen LogP contribution in [0.25, 0.3) is 0 Å². The lowest BCUT2D eigenvalue weighted by molar-refractivity contribution is -0.140. The number of sulfonamides is 1. The summed E-state index contributed by atoms with van der Waals surface area (Å²) < 4.78 is 26.5. The van der Waals surface area contributed by atoms with E-state index < -0.39 is 34.4 Å². The van der Waals surface area contributed by atoms with Crippen molar-refractivity contribution < 1.29 is 18.0 Å². The van der Waals surface area contributed by atoms with Gasteiger partial charge >= 0.3 is 0 Å². The number of halogens is 4. The molecule has 39 heavy (non-hydrogen) atoms. The van der Waals surface area contributed by atoms with E-state index in [2.05, 4.69) is 5.32 Å². The predicted octanol–water partition coefficient (Wildman–Crippen LogP) is 5.84. The standard InChI is InChI=1S/C27H27Cl4N3O4S/c1-3-32-27(36)25(11-18-7-5-4-6-8-18)33(16-19-9-10-20(28)15-24(19)31)26(35)17-34(39(2,37)38)23-13-21(29)12-22(30)14-23/h4-10,12-15,25H,3,11,16-17H2,1-2H3,(H,32,36)/t25-/m0/s1. The summed E-state index contributed by atoms with van der Waals surface area (Å²) in [6, 6.07) is 17.3. The average Bonchev–Trinajstić information content (AvgIpc) is 2.85. The maximum Gasteiger partial charge on any atom is 0.244 e. The fourth-order valence-electron chi connectivity index (χ4n) is 3.98. The smallest absolute Gasteiger partial charge is 0.244 e. The van der Waals surface area contributed by atoms with Crippen LogP contribution >= 0.6 is 46.4 Å². The molecule has 0 spiro atoms. The molecule has 0 unspecified atom stereocenters. The van der Waals surface area contributed by atoms with Gasteiger partial charge in [0.2, 0.25) is 21.8 Å². The van der Waals surface area contributed by atoms with Gasteiger partial charge in [-0.2, -0.15) is 0 Å². The van der Waals surface area contributed by atoms with E-state index in [1.165, 1.54) is 29.2 Å². The first kappa shape index (κ1) is 31.0. The third-order valence-corrected chi connectivity index (χ3v) is 7.96. The van der Waals surface area contributed by atoms with Crippen LogP contribution < -0.4 is 9.62 Å². The fraction of sp³-hybridized carbons (Fsp3) is 0.259. The normalized spacial score (nSPS) is 12.1. The van der Waals surface area contributed by atoms with Crippen molar-refractivity contribution in [2.24, 2.45) is 0 Å². The van der Waals surface area contributed by atoms with Crippen molar-refractivity contribution >= 4 is 73.9 Å². The molecule has 1 atom stereocenters. The Bertz CT molecular complexity index is 1420. The van der Waals surface area contributed by atoms with Crippen LogP contribution in [0.1, 0.15) is 18.1 Å². The zero-order valence-electron chi connectivity index (χ0n) is 21.2. The predicted molar refractivity (Wildman–Crippen MR) is 158 cm³/mol. The molecule has 12 heteroatoms. The molecule has 7 nitrogen and oxygen atoms in total. The minimum Gasteiger partial charge on any atom is -0.355 e. The summed E-state index contributed by atoms with van der Waals surface area (Å²) in [5, 5.41) is 3.90. The number of amides is 2. The van der Waals surface area contributed by atoms with Crippen molar-refractivity contribution in [1.29, 1.82) is 0 Å². The molecule has 0 aliphatic rings. The number of rotatable bonds is 11.